The van der Waals surface area contributed by atoms with Crippen molar-refractivity contribution in [3.05, 3.63) is 29.3 Å². The quantitative estimate of drug-likeness (QED) is 0.839. The number of fused-ring (bicyclic) bond motifs is 1. The Morgan fingerprint density at radius 3 is 2.95 bits per heavy atom. The first-order valence-corrected chi connectivity index (χ1v) is 9.17. The van der Waals surface area contributed by atoms with E-state index in [9.17, 15) is 8.42 Å². The fraction of sp³-hybridized carbons (Fsp3) is 0.600. The molecule has 0 aromatic heterocycles. The van der Waals surface area contributed by atoms with Crippen LogP contribution in [-0.4, -0.2) is 52.2 Å². The third-order valence-electron chi connectivity index (χ3n) is 4.62. The lowest BCUT2D eigenvalue weighted by Gasteiger charge is -2.42. The molecule has 0 radical (unpaired) electrons. The molecule has 0 amide bonds. The van der Waals surface area contributed by atoms with Crippen molar-refractivity contribution in [2.75, 3.05) is 33.4 Å². The van der Waals surface area contributed by atoms with Crippen LogP contribution in [0.4, 0.5) is 0 Å². The van der Waals surface area contributed by atoms with Crippen molar-refractivity contribution in [2.45, 2.75) is 23.8 Å². The van der Waals surface area contributed by atoms with Gasteiger partial charge in [0.15, 0.2) is 0 Å². The first kappa shape index (κ1) is 16.2. The molecule has 2 aliphatic heterocycles. The zero-order valence-corrected chi connectivity index (χ0v) is 14.1. The zero-order chi connectivity index (χ0) is 15.8. The molecule has 122 valence electrons. The largest absolute Gasteiger partial charge is 0.384 e. The van der Waals surface area contributed by atoms with Crippen molar-refractivity contribution in [1.29, 1.82) is 0 Å². The number of nitrogens with zero attached hydrogens (tertiary/aromatic N) is 1. The van der Waals surface area contributed by atoms with E-state index < -0.39 is 10.0 Å². The maximum atomic E-state index is 12.9. The van der Waals surface area contributed by atoms with E-state index in [0.29, 0.717) is 32.7 Å². The van der Waals surface area contributed by atoms with Crippen molar-refractivity contribution >= 4 is 21.6 Å². The van der Waals surface area contributed by atoms with E-state index in [1.165, 1.54) is 4.31 Å². The van der Waals surface area contributed by atoms with Crippen LogP contribution in [0.5, 0.6) is 0 Å². The molecule has 1 aromatic rings. The second-order valence-electron chi connectivity index (χ2n) is 5.96. The van der Waals surface area contributed by atoms with E-state index in [1.54, 1.807) is 31.4 Å². The minimum absolute atomic E-state index is 0.0742. The highest BCUT2D eigenvalue weighted by molar-refractivity contribution is 7.89. The Labute approximate surface area is 136 Å². The molecule has 2 atom stereocenters. The highest BCUT2D eigenvalue weighted by Gasteiger charge is 2.50. The summed E-state index contributed by atoms with van der Waals surface area (Å²) in [5, 5.41) is 0.257. The van der Waals surface area contributed by atoms with Crippen LogP contribution in [0.3, 0.4) is 0 Å². The van der Waals surface area contributed by atoms with Gasteiger partial charge >= 0.3 is 0 Å². The molecule has 1 aromatic carbocycles. The van der Waals surface area contributed by atoms with Gasteiger partial charge in [0.2, 0.25) is 10.0 Å². The van der Waals surface area contributed by atoms with Crippen molar-refractivity contribution in [2.24, 2.45) is 5.41 Å². The van der Waals surface area contributed by atoms with Crippen LogP contribution in [0.15, 0.2) is 29.2 Å². The van der Waals surface area contributed by atoms with Gasteiger partial charge in [-0.15, -0.1) is 0 Å². The number of piperidine rings is 1. The third-order valence-corrected chi connectivity index (χ3v) is 6.97. The van der Waals surface area contributed by atoms with Crippen molar-refractivity contribution in [1.82, 2.24) is 4.31 Å². The second-order valence-corrected chi connectivity index (χ2v) is 8.28. The SMILES string of the molecule is COC[C@@]12CCO[C@@H]1CCN(S(=O)(=O)c1ccccc1Cl)C2. The molecule has 0 saturated carbocycles. The van der Waals surface area contributed by atoms with Crippen LogP contribution in [0.2, 0.25) is 5.02 Å². The molecule has 0 spiro atoms. The Hall–Kier alpha value is -0.660. The zero-order valence-electron chi connectivity index (χ0n) is 12.5. The molecule has 5 nitrogen and oxygen atoms in total. The molecule has 7 heteroatoms. The number of hydrogen-bond acceptors (Lipinski definition) is 4. The van der Waals surface area contributed by atoms with Gasteiger partial charge < -0.3 is 9.47 Å². The molecule has 2 heterocycles. The highest BCUT2D eigenvalue weighted by atomic mass is 35.5. The molecule has 0 N–H and O–H groups in total. The van der Waals surface area contributed by atoms with Gasteiger partial charge in [0.1, 0.15) is 4.90 Å². The predicted molar refractivity (Wildman–Crippen MR) is 83.5 cm³/mol. The van der Waals surface area contributed by atoms with Gasteiger partial charge in [-0.1, -0.05) is 23.7 Å². The van der Waals surface area contributed by atoms with Crippen LogP contribution < -0.4 is 0 Å². The minimum Gasteiger partial charge on any atom is -0.384 e. The molecular weight excluding hydrogens is 326 g/mol. The standard InChI is InChI=1S/C15H20ClNO4S/c1-20-11-15-7-9-21-14(15)6-8-17(10-15)22(18,19)13-5-3-2-4-12(13)16/h2-5,14H,6-11H2,1H3/t14-,15+/m1/s1. The van der Waals surface area contributed by atoms with E-state index in [0.717, 1.165) is 6.42 Å². The van der Waals surface area contributed by atoms with Crippen LogP contribution >= 0.6 is 11.6 Å². The smallest absolute Gasteiger partial charge is 0.244 e. The third kappa shape index (κ3) is 2.67. The molecule has 2 aliphatic rings. The summed E-state index contributed by atoms with van der Waals surface area (Å²) in [5.74, 6) is 0. The van der Waals surface area contributed by atoms with E-state index in [-0.39, 0.29) is 21.4 Å². The molecule has 0 unspecified atom stereocenters. The Morgan fingerprint density at radius 2 is 2.23 bits per heavy atom. The lowest BCUT2D eigenvalue weighted by Crippen LogP contribution is -2.53. The number of rotatable bonds is 4. The molecule has 0 aliphatic carbocycles. The van der Waals surface area contributed by atoms with Gasteiger partial charge in [0, 0.05) is 32.2 Å². The van der Waals surface area contributed by atoms with Crippen LogP contribution in [0.25, 0.3) is 0 Å². The van der Waals surface area contributed by atoms with Gasteiger partial charge in [-0.25, -0.2) is 8.42 Å². The molecule has 22 heavy (non-hydrogen) atoms. The number of ether oxygens (including phenoxy) is 2. The lowest BCUT2D eigenvalue weighted by molar-refractivity contribution is -0.0358. The summed E-state index contributed by atoms with van der Waals surface area (Å²) in [6.07, 6.45) is 1.58. The Kier molecular flexibility index (Phi) is 4.49. The highest BCUT2D eigenvalue weighted by Crippen LogP contribution is 2.42. The van der Waals surface area contributed by atoms with E-state index in [1.807, 2.05) is 0 Å². The monoisotopic (exact) mass is 345 g/mol. The van der Waals surface area contributed by atoms with Crippen LogP contribution in [-0.2, 0) is 19.5 Å². The topological polar surface area (TPSA) is 55.8 Å². The second kappa shape index (κ2) is 6.09. The number of hydrogen-bond donors (Lipinski definition) is 0. The van der Waals surface area contributed by atoms with Crippen molar-refractivity contribution in [3.63, 3.8) is 0 Å². The number of benzene rings is 1. The van der Waals surface area contributed by atoms with Gasteiger partial charge in [-0.05, 0) is 25.0 Å². The molecule has 0 bridgehead atoms. The van der Waals surface area contributed by atoms with Gasteiger partial charge in [0.25, 0.3) is 0 Å². The fourth-order valence-electron chi connectivity index (χ4n) is 3.50. The first-order chi connectivity index (χ1) is 10.5. The molecular formula is C15H20ClNO4S. The normalized spacial score (nSPS) is 29.5. The fourth-order valence-corrected chi connectivity index (χ4v) is 5.54. The summed E-state index contributed by atoms with van der Waals surface area (Å²) in [6, 6.07) is 6.57. The number of methoxy groups -OCH3 is 1. The summed E-state index contributed by atoms with van der Waals surface area (Å²) < 4.78 is 38.5. The number of sulfonamides is 1. The number of halogens is 1. The summed E-state index contributed by atoms with van der Waals surface area (Å²) in [7, 11) is -1.95. The van der Waals surface area contributed by atoms with Crippen molar-refractivity contribution in [3.8, 4) is 0 Å². The Bertz CT molecular complexity index is 651. The Balaban J connectivity index is 1.91. The summed E-state index contributed by atoms with van der Waals surface area (Å²) >= 11 is 6.08. The Morgan fingerprint density at radius 1 is 1.45 bits per heavy atom. The molecule has 3 rings (SSSR count). The summed E-state index contributed by atoms with van der Waals surface area (Å²) in [4.78, 5) is 0.168. The maximum Gasteiger partial charge on any atom is 0.244 e. The summed E-state index contributed by atoms with van der Waals surface area (Å²) in [6.45, 7) is 2.03. The van der Waals surface area contributed by atoms with E-state index in [4.69, 9.17) is 21.1 Å². The molecule has 2 fully saturated rings. The van der Waals surface area contributed by atoms with Crippen LogP contribution in [0.1, 0.15) is 12.8 Å². The average Bonchev–Trinajstić information content (AvgIpc) is 2.90. The van der Waals surface area contributed by atoms with Gasteiger partial charge in [0.05, 0.1) is 17.7 Å². The minimum atomic E-state index is -3.60. The summed E-state index contributed by atoms with van der Waals surface area (Å²) in [5.41, 5.74) is -0.249. The lowest BCUT2D eigenvalue weighted by atomic mass is 9.78. The van der Waals surface area contributed by atoms with Crippen molar-refractivity contribution < 1.29 is 17.9 Å². The average molecular weight is 346 g/mol. The van der Waals surface area contributed by atoms with Gasteiger partial charge in [-0.2, -0.15) is 4.31 Å². The van der Waals surface area contributed by atoms with E-state index >= 15 is 0 Å². The van der Waals surface area contributed by atoms with E-state index in [2.05, 4.69) is 0 Å². The maximum absolute atomic E-state index is 12.9. The molecule has 2 saturated heterocycles. The first-order valence-electron chi connectivity index (χ1n) is 7.35. The van der Waals surface area contributed by atoms with Gasteiger partial charge in [-0.3, -0.25) is 0 Å². The van der Waals surface area contributed by atoms with Crippen LogP contribution in [0, 0.1) is 5.41 Å². The predicted octanol–water partition coefficient (Wildman–Crippen LogP) is 2.16.